The zero-order chi connectivity index (χ0) is 18.7. The van der Waals surface area contributed by atoms with E-state index in [4.69, 9.17) is 9.15 Å². The molecule has 134 valence electrons. The number of fused-ring (bicyclic) bond motifs is 1. The Morgan fingerprint density at radius 1 is 1.12 bits per heavy atom. The lowest BCUT2D eigenvalue weighted by molar-refractivity contribution is -0.118. The third-order valence-electron chi connectivity index (χ3n) is 4.21. The van der Waals surface area contributed by atoms with E-state index in [9.17, 15) is 9.59 Å². The monoisotopic (exact) mass is 351 g/mol. The smallest absolute Gasteiger partial charge is 0.336 e. The van der Waals surface area contributed by atoms with Crippen LogP contribution in [-0.4, -0.2) is 12.5 Å². The van der Waals surface area contributed by atoms with Crippen LogP contribution in [0.2, 0.25) is 0 Å². The first-order valence-corrected chi connectivity index (χ1v) is 8.53. The van der Waals surface area contributed by atoms with Crippen LogP contribution in [0.1, 0.15) is 23.6 Å². The van der Waals surface area contributed by atoms with Crippen molar-refractivity contribution in [2.75, 3.05) is 11.9 Å². The van der Waals surface area contributed by atoms with Crippen molar-refractivity contribution in [1.29, 1.82) is 0 Å². The minimum Gasteiger partial charge on any atom is -0.483 e. The van der Waals surface area contributed by atoms with Gasteiger partial charge in [0.25, 0.3) is 5.91 Å². The summed E-state index contributed by atoms with van der Waals surface area (Å²) < 4.78 is 11.0. The van der Waals surface area contributed by atoms with E-state index in [0.29, 0.717) is 11.3 Å². The third kappa shape index (κ3) is 3.94. The number of anilines is 1. The first-order valence-electron chi connectivity index (χ1n) is 8.53. The molecule has 0 saturated carbocycles. The summed E-state index contributed by atoms with van der Waals surface area (Å²) in [7, 11) is 0. The number of ether oxygens (including phenoxy) is 1. The predicted molar refractivity (Wildman–Crippen MR) is 102 cm³/mol. The van der Waals surface area contributed by atoms with Gasteiger partial charge in [0, 0.05) is 23.2 Å². The second-order valence-electron chi connectivity index (χ2n) is 6.26. The summed E-state index contributed by atoms with van der Waals surface area (Å²) in [5.74, 6) is 0.300. The molecule has 0 fully saturated rings. The molecule has 0 bridgehead atoms. The van der Waals surface area contributed by atoms with E-state index in [-0.39, 0.29) is 12.5 Å². The Balaban J connectivity index is 1.78. The molecule has 0 aliphatic heterocycles. The van der Waals surface area contributed by atoms with E-state index in [0.717, 1.165) is 34.2 Å². The summed E-state index contributed by atoms with van der Waals surface area (Å²) in [6, 6.07) is 12.6. The Morgan fingerprint density at radius 2 is 1.85 bits per heavy atom. The van der Waals surface area contributed by atoms with Crippen LogP contribution >= 0.6 is 0 Å². The number of nitrogens with one attached hydrogen (secondary N) is 1. The summed E-state index contributed by atoms with van der Waals surface area (Å²) in [5, 5.41) is 3.67. The molecular weight excluding hydrogens is 330 g/mol. The number of rotatable bonds is 5. The van der Waals surface area contributed by atoms with Gasteiger partial charge in [-0.25, -0.2) is 4.79 Å². The Morgan fingerprint density at radius 3 is 2.54 bits per heavy atom. The standard InChI is InChI=1S/C21H21NO4/c1-4-15-10-17-14(3)9-21(24)26-19(17)11-18(15)25-12-20(23)22-16-7-5-13(2)6-8-16/h5-11H,4,12H2,1-3H3,(H,22,23). The van der Waals surface area contributed by atoms with Crippen LogP contribution in [0.4, 0.5) is 5.69 Å². The van der Waals surface area contributed by atoms with E-state index < -0.39 is 5.63 Å². The van der Waals surface area contributed by atoms with E-state index >= 15 is 0 Å². The fourth-order valence-electron chi connectivity index (χ4n) is 2.78. The van der Waals surface area contributed by atoms with Crippen LogP contribution in [0.25, 0.3) is 11.0 Å². The minimum absolute atomic E-state index is 0.123. The van der Waals surface area contributed by atoms with Crippen molar-refractivity contribution in [3.05, 3.63) is 69.6 Å². The number of aryl methyl sites for hydroxylation is 3. The van der Waals surface area contributed by atoms with Crippen molar-refractivity contribution in [3.63, 3.8) is 0 Å². The van der Waals surface area contributed by atoms with Gasteiger partial charge in [-0.05, 0) is 49.6 Å². The molecule has 0 spiro atoms. The first-order chi connectivity index (χ1) is 12.5. The number of benzene rings is 2. The van der Waals surface area contributed by atoms with Crippen LogP contribution in [-0.2, 0) is 11.2 Å². The summed E-state index contributed by atoms with van der Waals surface area (Å²) in [6.45, 7) is 5.74. The van der Waals surface area contributed by atoms with Crippen LogP contribution in [0.3, 0.4) is 0 Å². The Hall–Kier alpha value is -3.08. The van der Waals surface area contributed by atoms with Crippen molar-refractivity contribution in [1.82, 2.24) is 0 Å². The number of amides is 1. The molecule has 5 heteroatoms. The number of hydrogen-bond acceptors (Lipinski definition) is 4. The molecule has 0 saturated heterocycles. The van der Waals surface area contributed by atoms with Crippen LogP contribution in [0.5, 0.6) is 5.75 Å². The SMILES string of the molecule is CCc1cc2c(C)cc(=O)oc2cc1OCC(=O)Nc1ccc(C)cc1. The lowest BCUT2D eigenvalue weighted by Crippen LogP contribution is -2.20. The molecule has 5 nitrogen and oxygen atoms in total. The molecule has 1 amide bonds. The van der Waals surface area contributed by atoms with Gasteiger partial charge in [0.1, 0.15) is 11.3 Å². The normalized spacial score (nSPS) is 10.7. The zero-order valence-corrected chi connectivity index (χ0v) is 15.1. The quantitative estimate of drug-likeness (QED) is 0.706. The summed E-state index contributed by atoms with van der Waals surface area (Å²) in [5.41, 5.74) is 3.72. The average molecular weight is 351 g/mol. The molecule has 0 aliphatic rings. The van der Waals surface area contributed by atoms with E-state index in [1.165, 1.54) is 6.07 Å². The highest BCUT2D eigenvalue weighted by Gasteiger charge is 2.11. The van der Waals surface area contributed by atoms with Gasteiger partial charge in [-0.15, -0.1) is 0 Å². The highest BCUT2D eigenvalue weighted by Crippen LogP contribution is 2.27. The molecule has 0 radical (unpaired) electrons. The van der Waals surface area contributed by atoms with Gasteiger partial charge in [-0.1, -0.05) is 24.6 Å². The Kier molecular flexibility index (Phi) is 5.07. The highest BCUT2D eigenvalue weighted by atomic mass is 16.5. The van der Waals surface area contributed by atoms with Crippen molar-refractivity contribution >= 4 is 22.6 Å². The van der Waals surface area contributed by atoms with Gasteiger partial charge in [-0.2, -0.15) is 0 Å². The fraction of sp³-hybridized carbons (Fsp3) is 0.238. The first kappa shape index (κ1) is 17.7. The Labute approximate surface area is 151 Å². The average Bonchev–Trinajstić information content (AvgIpc) is 2.61. The van der Waals surface area contributed by atoms with Crippen molar-refractivity contribution in [2.24, 2.45) is 0 Å². The molecule has 0 atom stereocenters. The van der Waals surface area contributed by atoms with Gasteiger partial charge < -0.3 is 14.5 Å². The van der Waals surface area contributed by atoms with Gasteiger partial charge in [0.2, 0.25) is 0 Å². The van der Waals surface area contributed by atoms with Gasteiger partial charge in [0.05, 0.1) is 0 Å². The Bertz CT molecular complexity index is 1000. The van der Waals surface area contributed by atoms with Crippen molar-refractivity contribution in [3.8, 4) is 5.75 Å². The molecule has 2 aromatic carbocycles. The second kappa shape index (κ2) is 7.44. The topological polar surface area (TPSA) is 68.5 Å². The minimum atomic E-state index is -0.401. The third-order valence-corrected chi connectivity index (χ3v) is 4.21. The van der Waals surface area contributed by atoms with Gasteiger partial charge in [0.15, 0.2) is 6.61 Å². The van der Waals surface area contributed by atoms with E-state index in [1.807, 2.05) is 51.1 Å². The fourth-order valence-corrected chi connectivity index (χ4v) is 2.78. The van der Waals surface area contributed by atoms with Crippen LogP contribution < -0.4 is 15.7 Å². The molecule has 3 aromatic rings. The number of carbonyl (C=O) groups is 1. The molecular formula is C21H21NO4. The maximum Gasteiger partial charge on any atom is 0.336 e. The largest absolute Gasteiger partial charge is 0.483 e. The van der Waals surface area contributed by atoms with Crippen LogP contribution in [0.15, 0.2) is 51.7 Å². The van der Waals surface area contributed by atoms with Gasteiger partial charge in [-0.3, -0.25) is 4.79 Å². The number of carbonyl (C=O) groups excluding carboxylic acids is 1. The van der Waals surface area contributed by atoms with Crippen molar-refractivity contribution < 1.29 is 13.9 Å². The molecule has 0 aliphatic carbocycles. The lowest BCUT2D eigenvalue weighted by Gasteiger charge is -2.12. The molecule has 0 unspecified atom stereocenters. The van der Waals surface area contributed by atoms with E-state index in [1.54, 1.807) is 6.07 Å². The molecule has 3 rings (SSSR count). The maximum atomic E-state index is 12.1. The molecule has 26 heavy (non-hydrogen) atoms. The molecule has 1 N–H and O–H groups in total. The van der Waals surface area contributed by atoms with Crippen LogP contribution in [0, 0.1) is 13.8 Å². The predicted octanol–water partition coefficient (Wildman–Crippen LogP) is 3.99. The molecule has 1 heterocycles. The second-order valence-corrected chi connectivity index (χ2v) is 6.26. The summed E-state index contributed by atoms with van der Waals surface area (Å²) in [6.07, 6.45) is 0.740. The van der Waals surface area contributed by atoms with E-state index in [2.05, 4.69) is 5.32 Å². The van der Waals surface area contributed by atoms with Crippen molar-refractivity contribution in [2.45, 2.75) is 27.2 Å². The summed E-state index contributed by atoms with van der Waals surface area (Å²) in [4.78, 5) is 23.7. The number of hydrogen-bond donors (Lipinski definition) is 1. The maximum absolute atomic E-state index is 12.1. The lowest BCUT2D eigenvalue weighted by atomic mass is 10.1. The zero-order valence-electron chi connectivity index (χ0n) is 15.1. The molecule has 1 aromatic heterocycles. The summed E-state index contributed by atoms with van der Waals surface area (Å²) >= 11 is 0. The van der Waals surface area contributed by atoms with Gasteiger partial charge >= 0.3 is 5.63 Å². The highest BCUT2D eigenvalue weighted by molar-refractivity contribution is 5.92.